The van der Waals surface area contributed by atoms with E-state index in [-0.39, 0.29) is 0 Å². The molecule has 5 heteroatoms. The molecule has 13 heavy (non-hydrogen) atoms. The van der Waals surface area contributed by atoms with Crippen molar-refractivity contribution in [3.05, 3.63) is 28.0 Å². The summed E-state index contributed by atoms with van der Waals surface area (Å²) in [4.78, 5) is 3.94. The van der Waals surface area contributed by atoms with Crippen LogP contribution in [0.4, 0.5) is 0 Å². The zero-order chi connectivity index (χ0) is 9.84. The van der Waals surface area contributed by atoms with Gasteiger partial charge in [0.15, 0.2) is 0 Å². The van der Waals surface area contributed by atoms with E-state index < -0.39 is 0 Å². The Morgan fingerprint density at radius 2 is 2.23 bits per heavy atom. The van der Waals surface area contributed by atoms with Crippen LogP contribution in [0, 0.1) is 0 Å². The summed E-state index contributed by atoms with van der Waals surface area (Å²) in [6.07, 6.45) is 1.70. The summed E-state index contributed by atoms with van der Waals surface area (Å²) in [5.74, 6) is 0. The molecule has 0 saturated heterocycles. The van der Waals surface area contributed by atoms with E-state index in [0.29, 0.717) is 16.7 Å². The maximum absolute atomic E-state index is 5.80. The first kappa shape index (κ1) is 11.1. The van der Waals surface area contributed by atoms with Crippen LogP contribution in [0.15, 0.2) is 12.3 Å². The van der Waals surface area contributed by atoms with Crippen LogP contribution in [0.1, 0.15) is 12.5 Å². The molecule has 0 radical (unpaired) electrons. The third-order valence-corrected chi connectivity index (χ3v) is 2.69. The monoisotopic (exact) mass is 236 g/mol. The first-order valence-electron chi connectivity index (χ1n) is 3.87. The molecule has 0 atom stereocenters. The molecule has 0 aliphatic rings. The molecule has 0 aliphatic heterocycles. The Hall–Kier alpha value is 0.0400. The van der Waals surface area contributed by atoms with Gasteiger partial charge in [-0.15, -0.1) is 0 Å². The molecule has 0 aliphatic carbocycles. The normalized spacial score (nSPS) is 10.8. The van der Waals surface area contributed by atoms with Gasteiger partial charge < -0.3 is 0 Å². The van der Waals surface area contributed by atoms with E-state index in [1.54, 1.807) is 12.3 Å². The minimum atomic E-state index is 0.340. The van der Waals surface area contributed by atoms with Crippen LogP contribution in [-0.4, -0.2) is 15.8 Å². The third-order valence-electron chi connectivity index (χ3n) is 1.58. The first-order chi connectivity index (χ1) is 6.13. The van der Waals surface area contributed by atoms with Gasteiger partial charge in [0.05, 0.1) is 5.02 Å². The number of rotatable bonds is 3. The summed E-state index contributed by atoms with van der Waals surface area (Å²) < 4.78 is 1.86. The van der Waals surface area contributed by atoms with Crippen LogP contribution in [0.25, 0.3) is 0 Å². The van der Waals surface area contributed by atoms with Crippen molar-refractivity contribution in [2.75, 3.05) is 6.54 Å². The van der Waals surface area contributed by atoms with Gasteiger partial charge in [-0.3, -0.25) is 0 Å². The molecule has 0 saturated carbocycles. The van der Waals surface area contributed by atoms with E-state index in [1.165, 1.54) is 0 Å². The fourth-order valence-corrected chi connectivity index (χ4v) is 1.33. The second kappa shape index (κ2) is 5.05. The lowest BCUT2D eigenvalue weighted by Gasteiger charge is -2.11. The molecule has 0 amide bonds. The van der Waals surface area contributed by atoms with Gasteiger partial charge in [-0.2, -0.15) is 0 Å². The van der Waals surface area contributed by atoms with Crippen molar-refractivity contribution in [3.8, 4) is 0 Å². The predicted octanol–water partition coefficient (Wildman–Crippen LogP) is 3.06. The van der Waals surface area contributed by atoms with E-state index in [0.717, 1.165) is 12.1 Å². The number of thiol groups is 1. The van der Waals surface area contributed by atoms with Gasteiger partial charge in [-0.1, -0.05) is 42.9 Å². The van der Waals surface area contributed by atoms with Crippen molar-refractivity contribution in [2.24, 2.45) is 0 Å². The number of hydrogen-bond acceptors (Lipinski definition) is 3. The highest BCUT2D eigenvalue weighted by Gasteiger charge is 2.03. The zero-order valence-electron chi connectivity index (χ0n) is 7.17. The van der Waals surface area contributed by atoms with Crippen molar-refractivity contribution in [1.82, 2.24) is 9.29 Å². The van der Waals surface area contributed by atoms with Gasteiger partial charge >= 0.3 is 0 Å². The molecule has 0 fully saturated rings. The molecule has 0 N–H and O–H groups in total. The van der Waals surface area contributed by atoms with Crippen LogP contribution < -0.4 is 0 Å². The lowest BCUT2D eigenvalue weighted by atomic mass is 10.3. The highest BCUT2D eigenvalue weighted by molar-refractivity contribution is 7.77. The summed E-state index contributed by atoms with van der Waals surface area (Å²) in [5.41, 5.74) is 1.01. The fourth-order valence-electron chi connectivity index (χ4n) is 0.870. The zero-order valence-corrected chi connectivity index (χ0v) is 9.57. The summed E-state index contributed by atoms with van der Waals surface area (Å²) in [7, 11) is 0. The lowest BCUT2D eigenvalue weighted by molar-refractivity contribution is 0.499. The molecule has 0 spiro atoms. The van der Waals surface area contributed by atoms with Gasteiger partial charge in [0.2, 0.25) is 0 Å². The Balaban J connectivity index is 2.73. The molecule has 1 heterocycles. The molecule has 1 aromatic rings. The second-order valence-corrected chi connectivity index (χ2v) is 3.93. The Kier molecular flexibility index (Phi) is 4.32. The largest absolute Gasteiger partial charge is 0.249 e. The van der Waals surface area contributed by atoms with Crippen LogP contribution in [0.5, 0.6) is 0 Å². The van der Waals surface area contributed by atoms with E-state index >= 15 is 0 Å². The molecule has 2 nitrogen and oxygen atoms in total. The van der Waals surface area contributed by atoms with Crippen LogP contribution >= 0.6 is 36.0 Å². The smallest absolute Gasteiger partial charge is 0.147 e. The standard InChI is InChI=1S/C8H10Cl2N2S/c1-2-12(13)5-6-3-7(9)8(10)11-4-6/h3-4,13H,2,5H2,1H3. The van der Waals surface area contributed by atoms with Gasteiger partial charge in [-0.05, 0) is 11.6 Å². The summed E-state index contributed by atoms with van der Waals surface area (Å²) in [6.45, 7) is 3.60. The van der Waals surface area contributed by atoms with Gasteiger partial charge in [0.1, 0.15) is 5.15 Å². The Labute approximate surface area is 93.4 Å². The van der Waals surface area contributed by atoms with Crippen molar-refractivity contribution < 1.29 is 0 Å². The van der Waals surface area contributed by atoms with Crippen molar-refractivity contribution >= 4 is 36.0 Å². The van der Waals surface area contributed by atoms with E-state index in [4.69, 9.17) is 23.2 Å². The van der Waals surface area contributed by atoms with E-state index in [2.05, 4.69) is 17.8 Å². The molecule has 0 unspecified atom stereocenters. The lowest BCUT2D eigenvalue weighted by Crippen LogP contribution is -2.10. The molecule has 1 rings (SSSR count). The number of hydrogen-bond donors (Lipinski definition) is 1. The van der Waals surface area contributed by atoms with Gasteiger partial charge in [0, 0.05) is 19.3 Å². The molecule has 0 bridgehead atoms. The summed E-state index contributed by atoms with van der Waals surface area (Å²) in [5, 5.41) is 0.824. The average molecular weight is 237 g/mol. The minimum Gasteiger partial charge on any atom is -0.249 e. The third kappa shape index (κ3) is 3.35. The van der Waals surface area contributed by atoms with Crippen molar-refractivity contribution in [1.29, 1.82) is 0 Å². The Morgan fingerprint density at radius 3 is 2.77 bits per heavy atom. The number of halogens is 2. The Morgan fingerprint density at radius 1 is 1.54 bits per heavy atom. The predicted molar refractivity (Wildman–Crippen MR) is 59.3 cm³/mol. The fraction of sp³-hybridized carbons (Fsp3) is 0.375. The highest BCUT2D eigenvalue weighted by atomic mass is 35.5. The number of nitrogens with zero attached hydrogens (tertiary/aromatic N) is 2. The molecular weight excluding hydrogens is 227 g/mol. The van der Waals surface area contributed by atoms with Crippen molar-refractivity contribution in [2.45, 2.75) is 13.5 Å². The number of aromatic nitrogens is 1. The van der Waals surface area contributed by atoms with Gasteiger partial charge in [-0.25, -0.2) is 9.29 Å². The quantitative estimate of drug-likeness (QED) is 0.642. The van der Waals surface area contributed by atoms with Crippen LogP contribution in [0.2, 0.25) is 10.2 Å². The maximum Gasteiger partial charge on any atom is 0.147 e. The minimum absolute atomic E-state index is 0.340. The van der Waals surface area contributed by atoms with Gasteiger partial charge in [0.25, 0.3) is 0 Å². The van der Waals surface area contributed by atoms with Crippen molar-refractivity contribution in [3.63, 3.8) is 0 Å². The van der Waals surface area contributed by atoms with E-state index in [1.807, 2.05) is 11.2 Å². The highest BCUT2D eigenvalue weighted by Crippen LogP contribution is 2.20. The summed E-state index contributed by atoms with van der Waals surface area (Å²) in [6, 6.07) is 1.80. The topological polar surface area (TPSA) is 16.1 Å². The molecular formula is C8H10Cl2N2S. The molecule has 72 valence electrons. The second-order valence-electron chi connectivity index (χ2n) is 2.60. The SMILES string of the molecule is CCN(S)Cc1cnc(Cl)c(Cl)c1. The summed E-state index contributed by atoms with van der Waals surface area (Å²) >= 11 is 15.7. The van der Waals surface area contributed by atoms with Crippen LogP contribution in [0.3, 0.4) is 0 Å². The van der Waals surface area contributed by atoms with E-state index in [9.17, 15) is 0 Å². The number of pyridine rings is 1. The van der Waals surface area contributed by atoms with Crippen LogP contribution in [-0.2, 0) is 6.54 Å². The Bertz CT molecular complexity index is 293. The first-order valence-corrected chi connectivity index (χ1v) is 5.02. The molecule has 0 aromatic carbocycles. The maximum atomic E-state index is 5.80. The molecule has 1 aromatic heterocycles. The average Bonchev–Trinajstić information content (AvgIpc) is 2.11.